The van der Waals surface area contributed by atoms with Crippen LogP contribution in [0.3, 0.4) is 0 Å². The third-order valence-electron chi connectivity index (χ3n) is 3.69. The fourth-order valence-corrected chi connectivity index (χ4v) is 2.52. The molecule has 5 nitrogen and oxygen atoms in total. The van der Waals surface area contributed by atoms with E-state index in [1.807, 2.05) is 48.5 Å². The molecule has 23 heavy (non-hydrogen) atoms. The predicted octanol–water partition coefficient (Wildman–Crippen LogP) is 2.46. The molecule has 1 N–H and O–H groups in total. The van der Waals surface area contributed by atoms with E-state index in [1.165, 1.54) is 7.11 Å². The maximum Gasteiger partial charge on any atom is 0.327 e. The SMILES string of the molecule is COC(=O)C(NCc1ccc2c(c1)OCCO2)c1ccccc1. The summed E-state index contributed by atoms with van der Waals surface area (Å²) < 4.78 is 16.0. The largest absolute Gasteiger partial charge is 0.486 e. The van der Waals surface area contributed by atoms with Gasteiger partial charge in [-0.3, -0.25) is 5.32 Å². The van der Waals surface area contributed by atoms with Crippen LogP contribution in [-0.4, -0.2) is 26.3 Å². The molecule has 0 radical (unpaired) electrons. The molecular formula is C18H19NO4. The van der Waals surface area contributed by atoms with E-state index in [-0.39, 0.29) is 5.97 Å². The zero-order chi connectivity index (χ0) is 16.1. The van der Waals surface area contributed by atoms with Crippen molar-refractivity contribution >= 4 is 5.97 Å². The average Bonchev–Trinajstić information content (AvgIpc) is 2.62. The minimum atomic E-state index is -0.505. The van der Waals surface area contributed by atoms with E-state index in [1.54, 1.807) is 0 Å². The Hall–Kier alpha value is -2.53. The van der Waals surface area contributed by atoms with Crippen LogP contribution in [0.4, 0.5) is 0 Å². The first-order valence-electron chi connectivity index (χ1n) is 7.52. The Labute approximate surface area is 135 Å². The molecule has 2 aromatic carbocycles. The van der Waals surface area contributed by atoms with Crippen molar-refractivity contribution < 1.29 is 19.0 Å². The van der Waals surface area contributed by atoms with Gasteiger partial charge in [0.15, 0.2) is 11.5 Å². The molecule has 2 aromatic rings. The third-order valence-corrected chi connectivity index (χ3v) is 3.69. The molecule has 0 saturated carbocycles. The Morgan fingerprint density at radius 1 is 1.13 bits per heavy atom. The predicted molar refractivity (Wildman–Crippen MR) is 85.5 cm³/mol. The number of carbonyl (C=O) groups excluding carboxylic acids is 1. The first-order chi connectivity index (χ1) is 11.3. The summed E-state index contributed by atoms with van der Waals surface area (Å²) in [6.07, 6.45) is 0. The van der Waals surface area contributed by atoms with Gasteiger partial charge in [0, 0.05) is 6.54 Å². The summed E-state index contributed by atoms with van der Waals surface area (Å²) in [5.41, 5.74) is 1.89. The molecule has 0 aliphatic carbocycles. The number of methoxy groups -OCH3 is 1. The van der Waals surface area contributed by atoms with Crippen LogP contribution in [0, 0.1) is 0 Å². The molecule has 3 rings (SSSR count). The molecule has 1 heterocycles. The topological polar surface area (TPSA) is 56.8 Å². The number of ether oxygens (including phenoxy) is 3. The Morgan fingerprint density at radius 2 is 1.87 bits per heavy atom. The van der Waals surface area contributed by atoms with E-state index < -0.39 is 6.04 Å². The van der Waals surface area contributed by atoms with Gasteiger partial charge in [0.2, 0.25) is 0 Å². The van der Waals surface area contributed by atoms with E-state index in [0.717, 1.165) is 22.6 Å². The summed E-state index contributed by atoms with van der Waals surface area (Å²) in [6.45, 7) is 1.65. The molecule has 0 bridgehead atoms. The number of hydrogen-bond donors (Lipinski definition) is 1. The van der Waals surface area contributed by atoms with Crippen LogP contribution >= 0.6 is 0 Å². The van der Waals surface area contributed by atoms with Crippen molar-refractivity contribution in [2.24, 2.45) is 0 Å². The highest BCUT2D eigenvalue weighted by Crippen LogP contribution is 2.30. The molecule has 0 amide bonds. The summed E-state index contributed by atoms with van der Waals surface area (Å²) in [7, 11) is 1.39. The highest BCUT2D eigenvalue weighted by Gasteiger charge is 2.21. The van der Waals surface area contributed by atoms with Gasteiger partial charge in [-0.25, -0.2) is 4.79 Å². The van der Waals surface area contributed by atoms with Crippen molar-refractivity contribution in [1.29, 1.82) is 0 Å². The maximum absolute atomic E-state index is 12.0. The Balaban J connectivity index is 1.73. The van der Waals surface area contributed by atoms with Gasteiger partial charge >= 0.3 is 5.97 Å². The first kappa shape index (κ1) is 15.4. The molecule has 0 spiro atoms. The fourth-order valence-electron chi connectivity index (χ4n) is 2.52. The second-order valence-corrected chi connectivity index (χ2v) is 5.23. The lowest BCUT2D eigenvalue weighted by Gasteiger charge is -2.20. The Bertz CT molecular complexity index is 672. The molecule has 1 unspecified atom stereocenters. The van der Waals surface area contributed by atoms with Crippen LogP contribution < -0.4 is 14.8 Å². The van der Waals surface area contributed by atoms with Gasteiger partial charge in [-0.05, 0) is 23.3 Å². The number of benzene rings is 2. The van der Waals surface area contributed by atoms with Gasteiger partial charge < -0.3 is 14.2 Å². The van der Waals surface area contributed by atoms with Crippen LogP contribution in [-0.2, 0) is 16.1 Å². The molecule has 5 heteroatoms. The van der Waals surface area contributed by atoms with Crippen molar-refractivity contribution in [3.05, 3.63) is 59.7 Å². The fraction of sp³-hybridized carbons (Fsp3) is 0.278. The summed E-state index contributed by atoms with van der Waals surface area (Å²) in [5, 5.41) is 3.24. The monoisotopic (exact) mass is 313 g/mol. The van der Waals surface area contributed by atoms with Crippen molar-refractivity contribution in [3.63, 3.8) is 0 Å². The summed E-state index contributed by atoms with van der Waals surface area (Å²) in [6, 6.07) is 14.8. The van der Waals surface area contributed by atoms with Crippen molar-refractivity contribution in [1.82, 2.24) is 5.32 Å². The van der Waals surface area contributed by atoms with Crippen molar-refractivity contribution in [2.75, 3.05) is 20.3 Å². The summed E-state index contributed by atoms with van der Waals surface area (Å²) in [4.78, 5) is 12.0. The highest BCUT2D eigenvalue weighted by atomic mass is 16.6. The Morgan fingerprint density at radius 3 is 2.61 bits per heavy atom. The number of nitrogens with one attached hydrogen (secondary N) is 1. The molecule has 120 valence electrons. The van der Waals surface area contributed by atoms with E-state index in [2.05, 4.69) is 5.32 Å². The number of esters is 1. The van der Waals surface area contributed by atoms with E-state index >= 15 is 0 Å². The number of hydrogen-bond acceptors (Lipinski definition) is 5. The van der Waals surface area contributed by atoms with Crippen LogP contribution in [0.15, 0.2) is 48.5 Å². The van der Waals surface area contributed by atoms with Crippen molar-refractivity contribution in [2.45, 2.75) is 12.6 Å². The van der Waals surface area contributed by atoms with Gasteiger partial charge in [0.05, 0.1) is 7.11 Å². The third kappa shape index (κ3) is 3.63. The van der Waals surface area contributed by atoms with E-state index in [0.29, 0.717) is 19.8 Å². The van der Waals surface area contributed by atoms with Gasteiger partial charge in [-0.2, -0.15) is 0 Å². The van der Waals surface area contributed by atoms with Gasteiger partial charge in [0.1, 0.15) is 19.3 Å². The lowest BCUT2D eigenvalue weighted by Crippen LogP contribution is -2.29. The molecular weight excluding hydrogens is 294 g/mol. The lowest BCUT2D eigenvalue weighted by molar-refractivity contribution is -0.143. The molecule has 0 saturated heterocycles. The van der Waals surface area contributed by atoms with Crippen LogP contribution in [0.2, 0.25) is 0 Å². The number of fused-ring (bicyclic) bond motifs is 1. The first-order valence-corrected chi connectivity index (χ1v) is 7.52. The second kappa shape index (κ2) is 7.15. The minimum absolute atomic E-state index is 0.311. The van der Waals surface area contributed by atoms with E-state index in [9.17, 15) is 4.79 Å². The lowest BCUT2D eigenvalue weighted by atomic mass is 10.1. The van der Waals surface area contributed by atoms with Crippen LogP contribution in [0.5, 0.6) is 11.5 Å². The zero-order valence-electron chi connectivity index (χ0n) is 13.0. The minimum Gasteiger partial charge on any atom is -0.486 e. The Kier molecular flexibility index (Phi) is 4.78. The normalized spacial score (nSPS) is 14.1. The number of rotatable bonds is 5. The molecule has 0 fully saturated rings. The smallest absolute Gasteiger partial charge is 0.327 e. The average molecular weight is 313 g/mol. The van der Waals surface area contributed by atoms with E-state index in [4.69, 9.17) is 14.2 Å². The maximum atomic E-state index is 12.0. The second-order valence-electron chi connectivity index (χ2n) is 5.23. The quantitative estimate of drug-likeness (QED) is 0.859. The summed E-state index contributed by atoms with van der Waals surface area (Å²) in [5.74, 6) is 1.19. The summed E-state index contributed by atoms with van der Waals surface area (Å²) >= 11 is 0. The number of carbonyl (C=O) groups is 1. The van der Waals surface area contributed by atoms with Crippen molar-refractivity contribution in [3.8, 4) is 11.5 Å². The van der Waals surface area contributed by atoms with Gasteiger partial charge in [0.25, 0.3) is 0 Å². The van der Waals surface area contributed by atoms with Crippen LogP contribution in [0.1, 0.15) is 17.2 Å². The molecule has 1 atom stereocenters. The molecule has 1 aliphatic heterocycles. The highest BCUT2D eigenvalue weighted by molar-refractivity contribution is 5.77. The zero-order valence-corrected chi connectivity index (χ0v) is 13.0. The molecule has 0 aromatic heterocycles. The standard InChI is InChI=1S/C18H19NO4/c1-21-18(20)17(14-5-3-2-4-6-14)19-12-13-7-8-15-16(11-13)23-10-9-22-15/h2-8,11,17,19H,9-10,12H2,1H3. The van der Waals surface area contributed by atoms with Gasteiger partial charge in [-0.1, -0.05) is 36.4 Å². The molecule has 1 aliphatic rings. The van der Waals surface area contributed by atoms with Gasteiger partial charge in [-0.15, -0.1) is 0 Å². The van der Waals surface area contributed by atoms with Crippen LogP contribution in [0.25, 0.3) is 0 Å².